The lowest BCUT2D eigenvalue weighted by Gasteiger charge is -2.18. The van der Waals surface area contributed by atoms with E-state index in [1.807, 2.05) is 31.2 Å². The van der Waals surface area contributed by atoms with Crippen LogP contribution in [0.2, 0.25) is 0 Å². The summed E-state index contributed by atoms with van der Waals surface area (Å²) in [6.45, 7) is 9.89. The number of aryl methyl sites for hydroxylation is 1. The highest BCUT2D eigenvalue weighted by Gasteiger charge is 2.16. The molecule has 1 aromatic carbocycles. The zero-order valence-electron chi connectivity index (χ0n) is 12.5. The highest BCUT2D eigenvalue weighted by Crippen LogP contribution is 2.20. The van der Waals surface area contributed by atoms with Crippen molar-refractivity contribution in [3.8, 4) is 6.07 Å². The number of halogens is 1. The van der Waals surface area contributed by atoms with Gasteiger partial charge in [-0.25, -0.2) is 0 Å². The van der Waals surface area contributed by atoms with Crippen molar-refractivity contribution in [2.75, 3.05) is 18.4 Å². The van der Waals surface area contributed by atoms with Crippen molar-refractivity contribution in [3.05, 3.63) is 65.3 Å². The molecule has 0 aliphatic rings. The molecule has 0 fully saturated rings. The number of nitrogens with zero attached hydrogens (tertiary/aromatic N) is 2. The standard InChI is InChI=1S/C17H18BrN3O/c1-4-8-21(9-5-2)17(22)14(11-19)12-20-16-7-6-15(18)10-13(16)3/h4-7,10,12,20H,1-2,8-9H2,3H3/b14-12-. The molecule has 1 N–H and O–H groups in total. The minimum absolute atomic E-state index is 0.0334. The van der Waals surface area contributed by atoms with E-state index in [2.05, 4.69) is 34.4 Å². The molecule has 0 radical (unpaired) electrons. The number of hydrogen-bond donors (Lipinski definition) is 1. The number of anilines is 1. The number of benzene rings is 1. The number of carbonyl (C=O) groups excluding carboxylic acids is 1. The van der Waals surface area contributed by atoms with Crippen LogP contribution in [0.15, 0.2) is 59.8 Å². The Balaban J connectivity index is 2.94. The molecular weight excluding hydrogens is 342 g/mol. The number of hydrogen-bond acceptors (Lipinski definition) is 3. The zero-order valence-corrected chi connectivity index (χ0v) is 14.1. The Labute approximate surface area is 139 Å². The smallest absolute Gasteiger partial charge is 0.266 e. The first-order valence-corrected chi connectivity index (χ1v) is 7.46. The summed E-state index contributed by atoms with van der Waals surface area (Å²) in [6.07, 6.45) is 4.66. The number of rotatable bonds is 7. The maximum absolute atomic E-state index is 12.3. The molecule has 0 heterocycles. The SMILES string of the molecule is C=CCN(CC=C)C(=O)/C(C#N)=C\Nc1ccc(Br)cc1C. The third kappa shape index (κ3) is 4.90. The van der Waals surface area contributed by atoms with Crippen LogP contribution < -0.4 is 5.32 Å². The van der Waals surface area contributed by atoms with Gasteiger partial charge >= 0.3 is 0 Å². The van der Waals surface area contributed by atoms with E-state index in [-0.39, 0.29) is 11.5 Å². The monoisotopic (exact) mass is 359 g/mol. The number of carbonyl (C=O) groups is 1. The van der Waals surface area contributed by atoms with Crippen LogP contribution in [-0.4, -0.2) is 23.9 Å². The molecule has 0 aromatic heterocycles. The molecule has 0 saturated carbocycles. The van der Waals surface area contributed by atoms with Gasteiger partial charge in [-0.1, -0.05) is 28.1 Å². The maximum Gasteiger partial charge on any atom is 0.266 e. The van der Waals surface area contributed by atoms with Crippen LogP contribution in [0.4, 0.5) is 5.69 Å². The fourth-order valence-corrected chi connectivity index (χ4v) is 2.28. The van der Waals surface area contributed by atoms with Gasteiger partial charge in [0.15, 0.2) is 0 Å². The van der Waals surface area contributed by atoms with Crippen LogP contribution in [0, 0.1) is 18.3 Å². The van der Waals surface area contributed by atoms with Crippen LogP contribution in [0.3, 0.4) is 0 Å². The highest BCUT2D eigenvalue weighted by atomic mass is 79.9. The first-order valence-electron chi connectivity index (χ1n) is 6.67. The molecule has 4 nitrogen and oxygen atoms in total. The van der Waals surface area contributed by atoms with Crippen molar-refractivity contribution in [2.45, 2.75) is 6.92 Å². The van der Waals surface area contributed by atoms with E-state index in [0.29, 0.717) is 13.1 Å². The largest absolute Gasteiger partial charge is 0.360 e. The van der Waals surface area contributed by atoms with Crippen LogP contribution in [0.1, 0.15) is 5.56 Å². The average molecular weight is 360 g/mol. The third-order valence-electron chi connectivity index (χ3n) is 2.90. The summed E-state index contributed by atoms with van der Waals surface area (Å²) < 4.78 is 0.972. The van der Waals surface area contributed by atoms with E-state index in [0.717, 1.165) is 15.7 Å². The van der Waals surface area contributed by atoms with Gasteiger partial charge in [-0.3, -0.25) is 4.79 Å². The summed E-state index contributed by atoms with van der Waals surface area (Å²) in [5.41, 5.74) is 1.87. The quantitative estimate of drug-likeness (QED) is 0.457. The van der Waals surface area contributed by atoms with E-state index >= 15 is 0 Å². The Morgan fingerprint density at radius 2 is 2.05 bits per heavy atom. The Bertz CT molecular complexity index is 634. The van der Waals surface area contributed by atoms with Crippen LogP contribution >= 0.6 is 15.9 Å². The summed E-state index contributed by atoms with van der Waals surface area (Å²) in [4.78, 5) is 13.8. The molecule has 1 rings (SSSR count). The van der Waals surface area contributed by atoms with E-state index < -0.39 is 0 Å². The van der Waals surface area contributed by atoms with E-state index in [1.165, 1.54) is 11.1 Å². The highest BCUT2D eigenvalue weighted by molar-refractivity contribution is 9.10. The second kappa shape index (κ2) is 8.85. The molecule has 0 aliphatic carbocycles. The second-order valence-corrected chi connectivity index (χ2v) is 5.48. The Morgan fingerprint density at radius 3 is 2.55 bits per heavy atom. The normalized spacial score (nSPS) is 10.5. The van der Waals surface area contributed by atoms with Gasteiger partial charge in [0.05, 0.1) is 0 Å². The van der Waals surface area contributed by atoms with E-state index in [1.54, 1.807) is 12.2 Å². The minimum atomic E-state index is -0.357. The first kappa shape index (κ1) is 17.7. The number of amides is 1. The van der Waals surface area contributed by atoms with Gasteiger partial charge in [0.2, 0.25) is 0 Å². The Hall–Kier alpha value is -2.32. The molecule has 1 amide bonds. The van der Waals surface area contributed by atoms with Crippen molar-refractivity contribution in [2.24, 2.45) is 0 Å². The second-order valence-electron chi connectivity index (χ2n) is 4.56. The first-order chi connectivity index (χ1) is 10.5. The van der Waals surface area contributed by atoms with Gasteiger partial charge in [0.1, 0.15) is 11.6 Å². The summed E-state index contributed by atoms with van der Waals surface area (Å²) in [7, 11) is 0. The summed E-state index contributed by atoms with van der Waals surface area (Å²) in [5.74, 6) is -0.357. The van der Waals surface area contributed by atoms with Crippen molar-refractivity contribution in [1.82, 2.24) is 4.90 Å². The average Bonchev–Trinajstić information content (AvgIpc) is 2.49. The molecule has 0 spiro atoms. The topological polar surface area (TPSA) is 56.1 Å². The van der Waals surface area contributed by atoms with Crippen molar-refractivity contribution >= 4 is 27.5 Å². The predicted octanol–water partition coefficient (Wildman–Crippen LogP) is 3.78. The predicted molar refractivity (Wildman–Crippen MR) is 93.2 cm³/mol. The minimum Gasteiger partial charge on any atom is -0.360 e. The molecule has 5 heteroatoms. The fraction of sp³-hybridized carbons (Fsp3) is 0.176. The number of nitriles is 1. The molecule has 0 aliphatic heterocycles. The molecule has 1 aromatic rings. The molecule has 22 heavy (non-hydrogen) atoms. The van der Waals surface area contributed by atoms with Gasteiger partial charge in [-0.2, -0.15) is 5.26 Å². The lowest BCUT2D eigenvalue weighted by Crippen LogP contribution is -2.32. The van der Waals surface area contributed by atoms with Gasteiger partial charge in [0, 0.05) is 29.4 Å². The summed E-state index contributed by atoms with van der Waals surface area (Å²) >= 11 is 3.39. The number of nitrogens with one attached hydrogen (secondary N) is 1. The molecular formula is C17H18BrN3O. The molecule has 0 bridgehead atoms. The lowest BCUT2D eigenvalue weighted by molar-refractivity contribution is -0.125. The van der Waals surface area contributed by atoms with Crippen molar-refractivity contribution in [1.29, 1.82) is 5.26 Å². The van der Waals surface area contributed by atoms with E-state index in [4.69, 9.17) is 0 Å². The van der Waals surface area contributed by atoms with Crippen LogP contribution in [-0.2, 0) is 4.79 Å². The van der Waals surface area contributed by atoms with Crippen molar-refractivity contribution < 1.29 is 4.79 Å². The maximum atomic E-state index is 12.3. The van der Waals surface area contributed by atoms with Gasteiger partial charge in [0.25, 0.3) is 5.91 Å². The van der Waals surface area contributed by atoms with E-state index in [9.17, 15) is 10.1 Å². The lowest BCUT2D eigenvalue weighted by atomic mass is 10.2. The van der Waals surface area contributed by atoms with Crippen LogP contribution in [0.25, 0.3) is 0 Å². The molecule has 114 valence electrons. The van der Waals surface area contributed by atoms with Gasteiger partial charge in [-0.15, -0.1) is 13.2 Å². The molecule has 0 saturated heterocycles. The third-order valence-corrected chi connectivity index (χ3v) is 3.39. The summed E-state index contributed by atoms with van der Waals surface area (Å²) in [6, 6.07) is 7.64. The Morgan fingerprint density at radius 1 is 1.41 bits per heavy atom. The molecule has 0 unspecified atom stereocenters. The van der Waals surface area contributed by atoms with Crippen LogP contribution in [0.5, 0.6) is 0 Å². The van der Waals surface area contributed by atoms with Gasteiger partial charge in [-0.05, 0) is 30.7 Å². The Kier molecular flexibility index (Phi) is 7.14. The fourth-order valence-electron chi connectivity index (χ4n) is 1.80. The van der Waals surface area contributed by atoms with Gasteiger partial charge < -0.3 is 10.2 Å². The van der Waals surface area contributed by atoms with Crippen molar-refractivity contribution in [3.63, 3.8) is 0 Å². The molecule has 0 atom stereocenters. The zero-order chi connectivity index (χ0) is 16.5. The summed E-state index contributed by atoms with van der Waals surface area (Å²) in [5, 5.41) is 12.2.